The third-order valence-electron chi connectivity index (χ3n) is 2.62. The molecule has 16 heavy (non-hydrogen) atoms. The van der Waals surface area contributed by atoms with Crippen LogP contribution < -0.4 is 5.09 Å². The van der Waals surface area contributed by atoms with E-state index in [2.05, 4.69) is 5.09 Å². The van der Waals surface area contributed by atoms with Gasteiger partial charge in [-0.2, -0.15) is 0 Å². The van der Waals surface area contributed by atoms with E-state index in [0.717, 1.165) is 0 Å². The SMILES string of the molecule is COP1(=S)NCC(C)(c2ccccc2F)O1. The van der Waals surface area contributed by atoms with Crippen LogP contribution in [0, 0.1) is 5.82 Å². The molecule has 88 valence electrons. The maximum absolute atomic E-state index is 13.7. The van der Waals surface area contributed by atoms with Crippen LogP contribution in [0.5, 0.6) is 0 Å². The molecule has 1 aliphatic rings. The van der Waals surface area contributed by atoms with Crippen molar-refractivity contribution in [3.63, 3.8) is 0 Å². The summed E-state index contributed by atoms with van der Waals surface area (Å²) in [7, 11) is 1.50. The van der Waals surface area contributed by atoms with Crippen LogP contribution in [0.2, 0.25) is 0 Å². The zero-order chi connectivity index (χ0) is 11.8. The molecule has 1 N–H and O–H groups in total. The average molecular weight is 261 g/mol. The number of rotatable bonds is 2. The number of hydrogen-bond donors (Lipinski definition) is 1. The van der Waals surface area contributed by atoms with E-state index >= 15 is 0 Å². The Morgan fingerprint density at radius 1 is 1.56 bits per heavy atom. The van der Waals surface area contributed by atoms with Crippen molar-refractivity contribution in [2.75, 3.05) is 13.7 Å². The molecule has 3 nitrogen and oxygen atoms in total. The molecule has 0 bridgehead atoms. The summed E-state index contributed by atoms with van der Waals surface area (Å²) in [5.74, 6) is -0.286. The number of benzene rings is 1. The summed E-state index contributed by atoms with van der Waals surface area (Å²) in [6.07, 6.45) is 0. The standard InChI is InChI=1S/C10H13FNO2PS/c1-10(7-12-15(16,13-2)14-10)8-5-3-4-6-9(8)11/h3-6H,7H2,1-2H3,(H,12,16). The lowest BCUT2D eigenvalue weighted by atomic mass is 9.96. The molecule has 2 rings (SSSR count). The van der Waals surface area contributed by atoms with E-state index in [0.29, 0.717) is 12.1 Å². The molecule has 0 aromatic heterocycles. The van der Waals surface area contributed by atoms with Crippen LogP contribution in [0.4, 0.5) is 4.39 Å². The lowest BCUT2D eigenvalue weighted by molar-refractivity contribution is 0.117. The fourth-order valence-electron chi connectivity index (χ4n) is 1.71. The Hall–Kier alpha value is -0.320. The first-order chi connectivity index (χ1) is 7.49. The van der Waals surface area contributed by atoms with Crippen molar-refractivity contribution in [2.24, 2.45) is 0 Å². The maximum atomic E-state index is 13.7. The highest BCUT2D eigenvalue weighted by atomic mass is 32.5. The van der Waals surface area contributed by atoms with Crippen molar-refractivity contribution < 1.29 is 13.4 Å². The first-order valence-electron chi connectivity index (χ1n) is 4.86. The van der Waals surface area contributed by atoms with E-state index in [1.165, 1.54) is 13.2 Å². The van der Waals surface area contributed by atoms with Gasteiger partial charge in [0.25, 0.3) is 6.64 Å². The van der Waals surface area contributed by atoms with Crippen LogP contribution in [0.3, 0.4) is 0 Å². The molecule has 0 saturated carbocycles. The molecule has 1 saturated heterocycles. The number of halogens is 1. The molecule has 1 aromatic carbocycles. The van der Waals surface area contributed by atoms with Gasteiger partial charge in [-0.3, -0.25) is 0 Å². The molecule has 0 amide bonds. The van der Waals surface area contributed by atoms with Gasteiger partial charge in [-0.05, 0) is 24.8 Å². The van der Waals surface area contributed by atoms with Crippen LogP contribution in [-0.4, -0.2) is 13.7 Å². The Labute approximate surface area is 99.2 Å². The van der Waals surface area contributed by atoms with E-state index in [9.17, 15) is 4.39 Å². The van der Waals surface area contributed by atoms with Gasteiger partial charge in [0.1, 0.15) is 11.4 Å². The number of hydrogen-bond acceptors (Lipinski definition) is 3. The lowest BCUT2D eigenvalue weighted by Gasteiger charge is -2.24. The second-order valence-corrected chi connectivity index (χ2v) is 7.12. The molecule has 1 aliphatic heterocycles. The van der Waals surface area contributed by atoms with Crippen LogP contribution in [-0.2, 0) is 26.5 Å². The highest BCUT2D eigenvalue weighted by molar-refractivity contribution is 8.09. The summed E-state index contributed by atoms with van der Waals surface area (Å²) in [5.41, 5.74) is -0.247. The summed E-state index contributed by atoms with van der Waals surface area (Å²) in [6, 6.07) is 6.55. The van der Waals surface area contributed by atoms with Gasteiger partial charge in [-0.15, -0.1) is 0 Å². The van der Waals surface area contributed by atoms with Crippen LogP contribution in [0.15, 0.2) is 24.3 Å². The summed E-state index contributed by atoms with van der Waals surface area (Å²) in [6.45, 7) is -0.173. The molecular weight excluding hydrogens is 248 g/mol. The molecule has 2 unspecified atom stereocenters. The van der Waals surface area contributed by atoms with Crippen LogP contribution in [0.1, 0.15) is 12.5 Å². The molecule has 0 spiro atoms. The minimum atomic E-state index is -2.44. The van der Waals surface area contributed by atoms with Crippen LogP contribution in [0.25, 0.3) is 0 Å². The zero-order valence-electron chi connectivity index (χ0n) is 9.07. The van der Waals surface area contributed by atoms with E-state index in [4.69, 9.17) is 20.9 Å². The van der Waals surface area contributed by atoms with E-state index in [1.54, 1.807) is 18.2 Å². The third-order valence-corrected chi connectivity index (χ3v) is 5.34. The van der Waals surface area contributed by atoms with Gasteiger partial charge in [0.05, 0.1) is 0 Å². The van der Waals surface area contributed by atoms with Gasteiger partial charge in [0, 0.05) is 19.2 Å². The normalized spacial score (nSPS) is 34.2. The topological polar surface area (TPSA) is 30.5 Å². The van der Waals surface area contributed by atoms with E-state index in [1.807, 2.05) is 6.92 Å². The van der Waals surface area contributed by atoms with Crippen LogP contribution >= 0.6 is 6.64 Å². The molecule has 1 heterocycles. The highest BCUT2D eigenvalue weighted by Gasteiger charge is 2.43. The monoisotopic (exact) mass is 261 g/mol. The summed E-state index contributed by atoms with van der Waals surface area (Å²) < 4.78 is 24.5. The van der Waals surface area contributed by atoms with Gasteiger partial charge in [0.15, 0.2) is 0 Å². The van der Waals surface area contributed by atoms with Crippen molar-refractivity contribution in [3.8, 4) is 0 Å². The van der Waals surface area contributed by atoms with Gasteiger partial charge in [0.2, 0.25) is 0 Å². The Morgan fingerprint density at radius 3 is 2.81 bits per heavy atom. The largest absolute Gasteiger partial charge is 0.321 e. The number of nitrogens with one attached hydrogen (secondary N) is 1. The lowest BCUT2D eigenvalue weighted by Crippen LogP contribution is -2.27. The molecule has 0 aliphatic carbocycles. The van der Waals surface area contributed by atoms with Gasteiger partial charge < -0.3 is 9.05 Å². The van der Waals surface area contributed by atoms with Crippen molar-refractivity contribution in [1.29, 1.82) is 0 Å². The first-order valence-corrected chi connectivity index (χ1v) is 7.50. The van der Waals surface area contributed by atoms with E-state index < -0.39 is 12.2 Å². The van der Waals surface area contributed by atoms with Gasteiger partial charge in [-0.1, -0.05) is 18.2 Å². The fraction of sp³-hybridized carbons (Fsp3) is 0.400. The van der Waals surface area contributed by atoms with Crippen molar-refractivity contribution in [2.45, 2.75) is 12.5 Å². The smallest absolute Gasteiger partial charge is 0.261 e. The molecule has 2 atom stereocenters. The Balaban J connectivity index is 2.36. The Kier molecular flexibility index (Phi) is 3.16. The quantitative estimate of drug-likeness (QED) is 0.829. The van der Waals surface area contributed by atoms with Gasteiger partial charge in [-0.25, -0.2) is 9.48 Å². The molecule has 0 radical (unpaired) electrons. The summed E-state index contributed by atoms with van der Waals surface area (Å²) in [5, 5.41) is 3.01. The summed E-state index contributed by atoms with van der Waals surface area (Å²) >= 11 is 5.19. The molecule has 1 fully saturated rings. The van der Waals surface area contributed by atoms with Crippen molar-refractivity contribution in [3.05, 3.63) is 35.6 Å². The van der Waals surface area contributed by atoms with E-state index in [-0.39, 0.29) is 5.82 Å². The second-order valence-electron chi connectivity index (χ2n) is 3.82. The molecule has 1 aromatic rings. The fourth-order valence-corrected chi connectivity index (χ4v) is 3.86. The van der Waals surface area contributed by atoms with Gasteiger partial charge >= 0.3 is 0 Å². The van der Waals surface area contributed by atoms with Crippen molar-refractivity contribution in [1.82, 2.24) is 5.09 Å². The highest BCUT2D eigenvalue weighted by Crippen LogP contribution is 2.55. The minimum Gasteiger partial charge on any atom is -0.321 e. The second kappa shape index (κ2) is 4.17. The molecule has 6 heteroatoms. The average Bonchev–Trinajstić information content (AvgIpc) is 2.58. The molecular formula is C10H13FNO2PS. The maximum Gasteiger partial charge on any atom is 0.261 e. The minimum absolute atomic E-state index is 0.286. The Bertz CT molecular complexity index is 456. The predicted octanol–water partition coefficient (Wildman–Crippen LogP) is 2.53. The first kappa shape index (κ1) is 12.1. The predicted molar refractivity (Wildman–Crippen MR) is 64.1 cm³/mol. The zero-order valence-corrected chi connectivity index (χ0v) is 10.8. The van der Waals surface area contributed by atoms with Crippen molar-refractivity contribution >= 4 is 18.4 Å². The Morgan fingerprint density at radius 2 is 2.25 bits per heavy atom. The summed E-state index contributed by atoms with van der Waals surface area (Å²) in [4.78, 5) is 0. The third kappa shape index (κ3) is 2.06.